The average molecular weight is 436 g/mol. The Morgan fingerprint density at radius 2 is 1.94 bits per heavy atom. The van der Waals surface area contributed by atoms with Crippen molar-refractivity contribution in [3.05, 3.63) is 60.4 Å². The lowest BCUT2D eigenvalue weighted by Crippen LogP contribution is -2.45. The second kappa shape index (κ2) is 8.80. The lowest BCUT2D eigenvalue weighted by Gasteiger charge is -2.29. The smallest absolute Gasteiger partial charge is 0.341 e. The van der Waals surface area contributed by atoms with E-state index in [1.165, 1.54) is 4.90 Å². The molecule has 2 N–H and O–H groups in total. The van der Waals surface area contributed by atoms with E-state index in [0.29, 0.717) is 30.8 Å². The monoisotopic (exact) mass is 436 g/mol. The number of pyridine rings is 2. The summed E-state index contributed by atoms with van der Waals surface area (Å²) in [6.45, 7) is 0.751. The van der Waals surface area contributed by atoms with Crippen LogP contribution in [0.25, 0.3) is 11.0 Å². The van der Waals surface area contributed by atoms with Gasteiger partial charge in [0.15, 0.2) is 6.61 Å². The molecule has 0 bridgehead atoms. The van der Waals surface area contributed by atoms with Crippen LogP contribution in [-0.2, 0) is 4.79 Å². The van der Waals surface area contributed by atoms with Gasteiger partial charge in [0.25, 0.3) is 5.91 Å². The van der Waals surface area contributed by atoms with Gasteiger partial charge < -0.3 is 24.7 Å². The second-order valence-corrected chi connectivity index (χ2v) is 7.97. The highest BCUT2D eigenvalue weighted by Crippen LogP contribution is 2.31. The van der Waals surface area contributed by atoms with Gasteiger partial charge in [-0.15, -0.1) is 0 Å². The zero-order valence-electron chi connectivity index (χ0n) is 17.6. The molecule has 1 saturated heterocycles. The Labute approximate surface area is 184 Å². The van der Waals surface area contributed by atoms with E-state index in [1.54, 1.807) is 43.7 Å². The first-order valence-electron chi connectivity index (χ1n) is 10.2. The number of aliphatic carboxylic acids is 1. The summed E-state index contributed by atoms with van der Waals surface area (Å²) in [7, 11) is 1.65. The number of rotatable bonds is 7. The number of aliphatic hydroxyl groups is 1. The third-order valence-electron chi connectivity index (χ3n) is 5.49. The van der Waals surface area contributed by atoms with Crippen LogP contribution in [0.5, 0.6) is 5.75 Å². The first-order chi connectivity index (χ1) is 15.3. The van der Waals surface area contributed by atoms with E-state index < -0.39 is 18.2 Å². The molecule has 1 fully saturated rings. The number of benzene rings is 1. The number of carboxylic acid groups (broad SMARTS) is 1. The maximum atomic E-state index is 12.8. The zero-order chi connectivity index (χ0) is 22.7. The Hall–Kier alpha value is -3.72. The standard InChI is InChI=1S/C23H24N4O5/c1-26(22(30)16-4-6-17(7-5-16)32-13-20(28)29)14-23(31)9-12-27(15-23)19-8-11-24-18-3-2-10-25-21(18)19/h2-8,10-11,31H,9,12-15H2,1H3,(H,28,29). The number of nitrogens with zero attached hydrogens (tertiary/aromatic N) is 4. The van der Waals surface area contributed by atoms with Gasteiger partial charge in [-0.2, -0.15) is 0 Å². The Kier molecular flexibility index (Phi) is 5.91. The summed E-state index contributed by atoms with van der Waals surface area (Å²) in [5.74, 6) is -0.938. The highest BCUT2D eigenvalue weighted by Gasteiger charge is 2.38. The van der Waals surface area contributed by atoms with Crippen LogP contribution >= 0.6 is 0 Å². The lowest BCUT2D eigenvalue weighted by atomic mass is 10.0. The van der Waals surface area contributed by atoms with Crippen molar-refractivity contribution in [1.82, 2.24) is 14.9 Å². The summed E-state index contributed by atoms with van der Waals surface area (Å²) < 4.78 is 5.09. The third-order valence-corrected chi connectivity index (χ3v) is 5.49. The lowest BCUT2D eigenvalue weighted by molar-refractivity contribution is -0.139. The number of aromatic nitrogens is 2. The zero-order valence-corrected chi connectivity index (χ0v) is 17.6. The van der Waals surface area contributed by atoms with Gasteiger partial charge in [-0.3, -0.25) is 14.8 Å². The quantitative estimate of drug-likeness (QED) is 0.576. The van der Waals surface area contributed by atoms with Crippen molar-refractivity contribution in [3.8, 4) is 5.75 Å². The number of fused-ring (bicyclic) bond motifs is 1. The van der Waals surface area contributed by atoms with E-state index in [2.05, 4.69) is 14.9 Å². The Morgan fingerprint density at radius 1 is 1.16 bits per heavy atom. The summed E-state index contributed by atoms with van der Waals surface area (Å²) in [4.78, 5) is 35.8. The van der Waals surface area contributed by atoms with Gasteiger partial charge in [0.1, 0.15) is 16.9 Å². The number of likely N-dealkylation sites (N-methyl/N-ethyl adjacent to an activating group) is 1. The molecule has 32 heavy (non-hydrogen) atoms. The van der Waals surface area contributed by atoms with Gasteiger partial charge in [-0.05, 0) is 48.9 Å². The normalized spacial score (nSPS) is 18.0. The van der Waals surface area contributed by atoms with Gasteiger partial charge >= 0.3 is 5.97 Å². The number of anilines is 1. The topological polar surface area (TPSA) is 116 Å². The van der Waals surface area contributed by atoms with Crippen molar-refractivity contribution < 1.29 is 24.5 Å². The molecular formula is C23H24N4O5. The Bertz CT molecular complexity index is 1130. The van der Waals surface area contributed by atoms with Crippen LogP contribution < -0.4 is 9.64 Å². The van der Waals surface area contributed by atoms with Gasteiger partial charge in [0.2, 0.25) is 0 Å². The predicted octanol–water partition coefficient (Wildman–Crippen LogP) is 1.81. The molecule has 1 aliphatic heterocycles. The van der Waals surface area contributed by atoms with Gasteiger partial charge in [0.05, 0.1) is 17.7 Å². The van der Waals surface area contributed by atoms with E-state index in [4.69, 9.17) is 9.84 Å². The van der Waals surface area contributed by atoms with E-state index in [-0.39, 0.29) is 12.5 Å². The van der Waals surface area contributed by atoms with E-state index in [1.807, 2.05) is 18.2 Å². The molecule has 2 aromatic heterocycles. The van der Waals surface area contributed by atoms with E-state index in [0.717, 1.165) is 16.7 Å². The number of amides is 1. The average Bonchev–Trinajstić information content (AvgIpc) is 3.18. The third kappa shape index (κ3) is 4.62. The van der Waals surface area contributed by atoms with Gasteiger partial charge in [-0.25, -0.2) is 4.79 Å². The van der Waals surface area contributed by atoms with Crippen molar-refractivity contribution in [2.24, 2.45) is 0 Å². The maximum absolute atomic E-state index is 12.8. The number of hydrogen-bond donors (Lipinski definition) is 2. The maximum Gasteiger partial charge on any atom is 0.341 e. The number of carbonyl (C=O) groups excluding carboxylic acids is 1. The predicted molar refractivity (Wildman–Crippen MR) is 118 cm³/mol. The number of carbonyl (C=O) groups is 2. The summed E-state index contributed by atoms with van der Waals surface area (Å²) >= 11 is 0. The number of β-amino-alcohol motifs (C(OH)–C–C–N with tert-alkyl or cyclic N) is 1. The van der Waals surface area contributed by atoms with Crippen molar-refractivity contribution >= 4 is 28.6 Å². The number of hydrogen-bond acceptors (Lipinski definition) is 7. The van der Waals surface area contributed by atoms with Crippen molar-refractivity contribution in [3.63, 3.8) is 0 Å². The molecule has 3 aromatic rings. The van der Waals surface area contributed by atoms with Crippen molar-refractivity contribution in [2.75, 3.05) is 38.2 Å². The van der Waals surface area contributed by atoms with E-state index >= 15 is 0 Å². The fourth-order valence-corrected chi connectivity index (χ4v) is 3.98. The van der Waals surface area contributed by atoms with Crippen LogP contribution in [0.2, 0.25) is 0 Å². The molecule has 0 saturated carbocycles. The molecule has 1 atom stereocenters. The highest BCUT2D eigenvalue weighted by atomic mass is 16.5. The van der Waals surface area contributed by atoms with E-state index in [9.17, 15) is 14.7 Å². The molecule has 1 unspecified atom stereocenters. The summed E-state index contributed by atoms with van der Waals surface area (Å²) in [5, 5.41) is 19.9. The minimum atomic E-state index is -1.07. The fourth-order valence-electron chi connectivity index (χ4n) is 3.98. The molecule has 4 rings (SSSR count). The van der Waals surface area contributed by atoms with Gasteiger partial charge in [0, 0.05) is 38.1 Å². The molecule has 0 radical (unpaired) electrons. The molecule has 9 heteroatoms. The Morgan fingerprint density at radius 3 is 2.69 bits per heavy atom. The highest BCUT2D eigenvalue weighted by molar-refractivity contribution is 5.94. The molecule has 166 valence electrons. The summed E-state index contributed by atoms with van der Waals surface area (Å²) in [6.07, 6.45) is 3.97. The molecule has 0 aliphatic carbocycles. The minimum absolute atomic E-state index is 0.177. The van der Waals surface area contributed by atoms with Gasteiger partial charge in [-0.1, -0.05) is 0 Å². The van der Waals surface area contributed by atoms with Crippen LogP contribution in [0.4, 0.5) is 5.69 Å². The van der Waals surface area contributed by atoms with Crippen molar-refractivity contribution in [2.45, 2.75) is 12.0 Å². The molecule has 1 amide bonds. The molecule has 9 nitrogen and oxygen atoms in total. The molecule has 1 aliphatic rings. The Balaban J connectivity index is 1.41. The largest absolute Gasteiger partial charge is 0.482 e. The fraction of sp³-hybridized carbons (Fsp3) is 0.304. The summed E-state index contributed by atoms with van der Waals surface area (Å²) in [6, 6.07) is 11.9. The van der Waals surface area contributed by atoms with Crippen molar-refractivity contribution in [1.29, 1.82) is 0 Å². The number of ether oxygens (including phenoxy) is 1. The number of carboxylic acids is 1. The van der Waals surface area contributed by atoms with Crippen LogP contribution in [-0.4, -0.2) is 75.8 Å². The van der Waals surface area contributed by atoms with Crippen LogP contribution in [0.1, 0.15) is 16.8 Å². The molecule has 0 spiro atoms. The first kappa shape index (κ1) is 21.5. The van der Waals surface area contributed by atoms with Crippen LogP contribution in [0.15, 0.2) is 54.9 Å². The van der Waals surface area contributed by atoms with Crippen LogP contribution in [0.3, 0.4) is 0 Å². The molecule has 3 heterocycles. The second-order valence-electron chi connectivity index (χ2n) is 7.97. The summed E-state index contributed by atoms with van der Waals surface area (Å²) in [5.41, 5.74) is 1.87. The SMILES string of the molecule is CN(CC1(O)CCN(c2ccnc3cccnc23)C1)C(=O)c1ccc(OCC(=O)O)cc1. The molecule has 1 aromatic carbocycles. The first-order valence-corrected chi connectivity index (χ1v) is 10.2. The van der Waals surface area contributed by atoms with Crippen LogP contribution in [0, 0.1) is 0 Å². The molecular weight excluding hydrogens is 412 g/mol. The minimum Gasteiger partial charge on any atom is -0.482 e.